The van der Waals surface area contributed by atoms with E-state index in [1.807, 2.05) is 27.9 Å². The molecular formula is C19H23BrN4O2. The molecule has 0 saturated carbocycles. The van der Waals surface area contributed by atoms with Crippen molar-refractivity contribution in [3.05, 3.63) is 52.3 Å². The van der Waals surface area contributed by atoms with Crippen LogP contribution >= 0.6 is 15.9 Å². The third-order valence-corrected chi connectivity index (χ3v) is 4.96. The molecule has 0 radical (unpaired) electrons. The Morgan fingerprint density at radius 3 is 2.50 bits per heavy atom. The second-order valence-electron chi connectivity index (χ2n) is 6.63. The zero-order valence-corrected chi connectivity index (χ0v) is 16.4. The number of piperidine rings is 1. The molecule has 26 heavy (non-hydrogen) atoms. The Morgan fingerprint density at radius 1 is 1.19 bits per heavy atom. The van der Waals surface area contributed by atoms with Gasteiger partial charge in [0, 0.05) is 24.8 Å². The van der Waals surface area contributed by atoms with Crippen LogP contribution in [0.2, 0.25) is 0 Å². The number of hydrogen-bond acceptors (Lipinski definition) is 3. The third kappa shape index (κ3) is 4.72. The molecule has 1 aromatic carbocycles. The molecule has 0 spiro atoms. The van der Waals surface area contributed by atoms with E-state index in [4.69, 9.17) is 0 Å². The van der Waals surface area contributed by atoms with Gasteiger partial charge in [0.05, 0.1) is 17.2 Å². The standard InChI is InChI=1S/C19H23BrN4O2/c1-14(19(26)23-9-3-2-4-10-23)22-18(25)16-7-5-15(6-8-16)12-24-13-17(20)11-21-24/h5-8,11,13-14H,2-4,9-10,12H2,1H3,(H,22,25). The molecule has 1 saturated heterocycles. The van der Waals surface area contributed by atoms with E-state index < -0.39 is 6.04 Å². The zero-order valence-electron chi connectivity index (χ0n) is 14.8. The number of benzene rings is 1. The molecular weight excluding hydrogens is 396 g/mol. The van der Waals surface area contributed by atoms with Crippen LogP contribution in [0.15, 0.2) is 41.1 Å². The van der Waals surface area contributed by atoms with Crippen LogP contribution in [0.3, 0.4) is 0 Å². The summed E-state index contributed by atoms with van der Waals surface area (Å²) in [6.45, 7) is 3.96. The first-order chi connectivity index (χ1) is 12.5. The Hall–Kier alpha value is -2.15. The number of rotatable bonds is 5. The van der Waals surface area contributed by atoms with Crippen molar-refractivity contribution >= 4 is 27.7 Å². The van der Waals surface area contributed by atoms with Gasteiger partial charge >= 0.3 is 0 Å². The van der Waals surface area contributed by atoms with E-state index in [2.05, 4.69) is 26.3 Å². The van der Waals surface area contributed by atoms with E-state index in [1.54, 1.807) is 25.3 Å². The van der Waals surface area contributed by atoms with Crippen LogP contribution in [-0.4, -0.2) is 45.6 Å². The number of carbonyl (C=O) groups is 2. The molecule has 3 rings (SSSR count). The van der Waals surface area contributed by atoms with Gasteiger partial charge in [-0.15, -0.1) is 0 Å². The van der Waals surface area contributed by atoms with E-state index in [0.717, 1.165) is 36.0 Å². The predicted molar refractivity (Wildman–Crippen MR) is 103 cm³/mol. The minimum Gasteiger partial charge on any atom is -0.341 e. The third-order valence-electron chi connectivity index (χ3n) is 4.55. The van der Waals surface area contributed by atoms with Crippen molar-refractivity contribution in [2.24, 2.45) is 0 Å². The number of amides is 2. The van der Waals surface area contributed by atoms with Crippen molar-refractivity contribution in [1.29, 1.82) is 0 Å². The van der Waals surface area contributed by atoms with Gasteiger partial charge < -0.3 is 10.2 Å². The van der Waals surface area contributed by atoms with Gasteiger partial charge in [-0.3, -0.25) is 14.3 Å². The lowest BCUT2D eigenvalue weighted by Gasteiger charge is -2.29. The van der Waals surface area contributed by atoms with Crippen molar-refractivity contribution in [2.45, 2.75) is 38.8 Å². The molecule has 1 atom stereocenters. The van der Waals surface area contributed by atoms with Crippen molar-refractivity contribution in [2.75, 3.05) is 13.1 Å². The molecule has 1 unspecified atom stereocenters. The van der Waals surface area contributed by atoms with Crippen LogP contribution in [0.1, 0.15) is 42.1 Å². The Bertz CT molecular complexity index is 766. The molecule has 1 N–H and O–H groups in total. The molecule has 1 aliphatic heterocycles. The van der Waals surface area contributed by atoms with Crippen molar-refractivity contribution in [3.8, 4) is 0 Å². The van der Waals surface area contributed by atoms with Crippen LogP contribution in [0.5, 0.6) is 0 Å². The summed E-state index contributed by atoms with van der Waals surface area (Å²) < 4.78 is 2.75. The number of likely N-dealkylation sites (tertiary alicyclic amines) is 1. The van der Waals surface area contributed by atoms with E-state index in [9.17, 15) is 9.59 Å². The SMILES string of the molecule is CC(NC(=O)c1ccc(Cn2cc(Br)cn2)cc1)C(=O)N1CCCCC1. The summed E-state index contributed by atoms with van der Waals surface area (Å²) in [6, 6.07) is 6.85. The lowest BCUT2D eigenvalue weighted by Crippen LogP contribution is -2.48. The van der Waals surface area contributed by atoms with E-state index >= 15 is 0 Å². The van der Waals surface area contributed by atoms with Gasteiger partial charge in [-0.2, -0.15) is 5.10 Å². The van der Waals surface area contributed by atoms with E-state index in [-0.39, 0.29) is 11.8 Å². The number of carbonyl (C=O) groups excluding carboxylic acids is 2. The van der Waals surface area contributed by atoms with Crippen LogP contribution in [-0.2, 0) is 11.3 Å². The van der Waals surface area contributed by atoms with Gasteiger partial charge in [-0.05, 0) is 59.8 Å². The fraction of sp³-hybridized carbons (Fsp3) is 0.421. The normalized spacial score (nSPS) is 15.5. The largest absolute Gasteiger partial charge is 0.341 e. The number of aromatic nitrogens is 2. The smallest absolute Gasteiger partial charge is 0.251 e. The second-order valence-corrected chi connectivity index (χ2v) is 7.55. The zero-order chi connectivity index (χ0) is 18.5. The molecule has 2 heterocycles. The summed E-state index contributed by atoms with van der Waals surface area (Å²) in [4.78, 5) is 26.7. The fourth-order valence-electron chi connectivity index (χ4n) is 3.10. The van der Waals surface area contributed by atoms with Gasteiger partial charge in [-0.1, -0.05) is 12.1 Å². The highest BCUT2D eigenvalue weighted by molar-refractivity contribution is 9.10. The van der Waals surface area contributed by atoms with Crippen LogP contribution in [0.4, 0.5) is 0 Å². The van der Waals surface area contributed by atoms with Gasteiger partial charge in [0.15, 0.2) is 0 Å². The first-order valence-electron chi connectivity index (χ1n) is 8.89. The van der Waals surface area contributed by atoms with Crippen LogP contribution in [0, 0.1) is 0 Å². The summed E-state index contributed by atoms with van der Waals surface area (Å²) in [6.07, 6.45) is 6.89. The average molecular weight is 419 g/mol. The Balaban J connectivity index is 1.56. The summed E-state index contributed by atoms with van der Waals surface area (Å²) in [5.41, 5.74) is 1.60. The number of nitrogens with zero attached hydrogens (tertiary/aromatic N) is 3. The number of halogens is 1. The monoisotopic (exact) mass is 418 g/mol. The molecule has 2 aromatic rings. The quantitative estimate of drug-likeness (QED) is 0.811. The first-order valence-corrected chi connectivity index (χ1v) is 9.69. The Morgan fingerprint density at radius 2 is 1.88 bits per heavy atom. The summed E-state index contributed by atoms with van der Waals surface area (Å²) in [5.74, 6) is -0.227. The molecule has 1 aromatic heterocycles. The van der Waals surface area contributed by atoms with E-state index in [1.165, 1.54) is 6.42 Å². The molecule has 0 bridgehead atoms. The minimum atomic E-state index is -0.512. The molecule has 1 aliphatic rings. The average Bonchev–Trinajstić information content (AvgIpc) is 3.07. The molecule has 6 nitrogen and oxygen atoms in total. The van der Waals surface area contributed by atoms with Gasteiger partial charge in [0.25, 0.3) is 5.91 Å². The number of nitrogens with one attached hydrogen (secondary N) is 1. The maximum atomic E-state index is 12.4. The minimum absolute atomic E-state index is 0.000991. The molecule has 1 fully saturated rings. The summed E-state index contributed by atoms with van der Waals surface area (Å²) in [7, 11) is 0. The van der Waals surface area contributed by atoms with Crippen LogP contribution < -0.4 is 5.32 Å². The first kappa shape index (κ1) is 18.6. The maximum absolute atomic E-state index is 12.4. The molecule has 138 valence electrons. The Kier molecular flexibility index (Phi) is 6.08. The molecule has 7 heteroatoms. The molecule has 2 amide bonds. The highest BCUT2D eigenvalue weighted by Crippen LogP contribution is 2.12. The maximum Gasteiger partial charge on any atom is 0.251 e. The summed E-state index contributed by atoms with van der Waals surface area (Å²) in [5, 5.41) is 7.03. The van der Waals surface area contributed by atoms with Crippen molar-refractivity contribution < 1.29 is 9.59 Å². The van der Waals surface area contributed by atoms with Crippen LogP contribution in [0.25, 0.3) is 0 Å². The van der Waals surface area contributed by atoms with Crippen molar-refractivity contribution in [3.63, 3.8) is 0 Å². The van der Waals surface area contributed by atoms with Gasteiger partial charge in [-0.25, -0.2) is 0 Å². The number of hydrogen-bond donors (Lipinski definition) is 1. The summed E-state index contributed by atoms with van der Waals surface area (Å²) >= 11 is 3.37. The predicted octanol–water partition coefficient (Wildman–Crippen LogP) is 2.82. The van der Waals surface area contributed by atoms with E-state index in [0.29, 0.717) is 12.1 Å². The van der Waals surface area contributed by atoms with Crippen molar-refractivity contribution in [1.82, 2.24) is 20.0 Å². The second kappa shape index (κ2) is 8.49. The van der Waals surface area contributed by atoms with Gasteiger partial charge in [0.2, 0.25) is 5.91 Å². The lowest BCUT2D eigenvalue weighted by molar-refractivity contribution is -0.133. The lowest BCUT2D eigenvalue weighted by atomic mass is 10.1. The highest BCUT2D eigenvalue weighted by Gasteiger charge is 2.23. The topological polar surface area (TPSA) is 67.2 Å². The van der Waals surface area contributed by atoms with Gasteiger partial charge in [0.1, 0.15) is 6.04 Å². The fourth-order valence-corrected chi connectivity index (χ4v) is 3.43. The highest BCUT2D eigenvalue weighted by atomic mass is 79.9. The Labute approximate surface area is 161 Å². The molecule has 0 aliphatic carbocycles.